The van der Waals surface area contributed by atoms with Crippen LogP contribution in [-0.2, 0) is 0 Å². The van der Waals surface area contributed by atoms with Crippen molar-refractivity contribution in [1.82, 2.24) is 20.1 Å². The summed E-state index contributed by atoms with van der Waals surface area (Å²) in [7, 11) is 0. The first-order valence-corrected chi connectivity index (χ1v) is 8.79. The minimum absolute atomic E-state index is 0.237. The number of carbonyl (C=O) groups is 1. The molecular formula is C22H17FN4O. The van der Waals surface area contributed by atoms with Crippen molar-refractivity contribution in [3.8, 4) is 5.69 Å². The van der Waals surface area contributed by atoms with Gasteiger partial charge in [-0.05, 0) is 42.0 Å². The van der Waals surface area contributed by atoms with E-state index in [2.05, 4.69) is 15.4 Å². The maximum Gasteiger partial charge on any atom is 0.272 e. The topological polar surface area (TPSA) is 59.8 Å². The summed E-state index contributed by atoms with van der Waals surface area (Å²) >= 11 is 0. The summed E-state index contributed by atoms with van der Waals surface area (Å²) in [4.78, 5) is 17.2. The zero-order chi connectivity index (χ0) is 19.3. The number of amides is 1. The summed E-state index contributed by atoms with van der Waals surface area (Å²) in [5, 5.41) is 7.27. The number of nitrogens with one attached hydrogen (secondary N) is 1. The molecule has 4 aromatic rings. The number of benzene rings is 2. The van der Waals surface area contributed by atoms with E-state index in [0.29, 0.717) is 5.69 Å². The van der Waals surface area contributed by atoms with E-state index in [0.717, 1.165) is 11.3 Å². The second-order valence-electron chi connectivity index (χ2n) is 6.20. The highest BCUT2D eigenvalue weighted by Crippen LogP contribution is 2.20. The lowest BCUT2D eigenvalue weighted by molar-refractivity contribution is 0.0937. The van der Waals surface area contributed by atoms with Crippen molar-refractivity contribution in [3.63, 3.8) is 0 Å². The highest BCUT2D eigenvalue weighted by atomic mass is 19.1. The summed E-state index contributed by atoms with van der Waals surface area (Å²) in [5.41, 5.74) is 2.43. The highest BCUT2D eigenvalue weighted by molar-refractivity contribution is 5.92. The fourth-order valence-corrected chi connectivity index (χ4v) is 2.93. The summed E-state index contributed by atoms with van der Waals surface area (Å²) < 4.78 is 14.9. The summed E-state index contributed by atoms with van der Waals surface area (Å²) in [5.74, 6) is -0.701. The molecule has 138 valence electrons. The molecule has 0 aliphatic rings. The Morgan fingerprint density at radius 1 is 0.964 bits per heavy atom. The standard InChI is InChI=1S/C22H17FN4O/c23-17-9-6-10-18(15-17)27-14-12-20(26-27)22(28)25-21(16-7-2-1-3-8-16)19-11-4-5-13-24-19/h1-15,21H,(H,25,28)/t21-/m1/s1. The molecule has 0 bridgehead atoms. The predicted octanol–water partition coefficient (Wildman–Crippen LogP) is 3.93. The van der Waals surface area contributed by atoms with E-state index in [1.54, 1.807) is 30.6 Å². The van der Waals surface area contributed by atoms with E-state index in [4.69, 9.17) is 0 Å². The second-order valence-corrected chi connectivity index (χ2v) is 6.20. The number of aromatic nitrogens is 3. The SMILES string of the molecule is O=C(N[C@H](c1ccccc1)c1ccccn1)c1ccn(-c2cccc(F)c2)n1. The molecule has 0 saturated carbocycles. The van der Waals surface area contributed by atoms with Gasteiger partial charge in [0.05, 0.1) is 17.4 Å². The number of rotatable bonds is 5. The fourth-order valence-electron chi connectivity index (χ4n) is 2.93. The molecule has 1 N–H and O–H groups in total. The van der Waals surface area contributed by atoms with Crippen LogP contribution in [0.1, 0.15) is 27.8 Å². The second kappa shape index (κ2) is 7.84. The molecule has 5 nitrogen and oxygen atoms in total. The average Bonchev–Trinajstić information content (AvgIpc) is 3.24. The van der Waals surface area contributed by atoms with Gasteiger partial charge in [0.2, 0.25) is 0 Å². The molecule has 0 fully saturated rings. The summed E-state index contributed by atoms with van der Waals surface area (Å²) in [6, 6.07) is 22.4. The van der Waals surface area contributed by atoms with E-state index in [9.17, 15) is 9.18 Å². The third-order valence-corrected chi connectivity index (χ3v) is 4.29. The Kier molecular flexibility index (Phi) is 4.93. The van der Waals surface area contributed by atoms with Gasteiger partial charge in [0.15, 0.2) is 5.69 Å². The first kappa shape index (κ1) is 17.6. The van der Waals surface area contributed by atoms with Crippen LogP contribution in [0, 0.1) is 5.82 Å². The first-order valence-electron chi connectivity index (χ1n) is 8.79. The predicted molar refractivity (Wildman–Crippen MR) is 104 cm³/mol. The Labute approximate surface area is 161 Å². The van der Waals surface area contributed by atoms with Gasteiger partial charge in [-0.2, -0.15) is 5.10 Å². The van der Waals surface area contributed by atoms with Crippen LogP contribution >= 0.6 is 0 Å². The van der Waals surface area contributed by atoms with E-state index in [-0.39, 0.29) is 17.4 Å². The fraction of sp³-hybridized carbons (Fsp3) is 0.0455. The van der Waals surface area contributed by atoms with Crippen LogP contribution < -0.4 is 5.32 Å². The Hall–Kier alpha value is -3.80. The van der Waals surface area contributed by atoms with Crippen molar-refractivity contribution < 1.29 is 9.18 Å². The van der Waals surface area contributed by atoms with Gasteiger partial charge in [-0.25, -0.2) is 9.07 Å². The smallest absolute Gasteiger partial charge is 0.272 e. The molecule has 2 aromatic carbocycles. The normalized spacial score (nSPS) is 11.8. The van der Waals surface area contributed by atoms with E-state index >= 15 is 0 Å². The van der Waals surface area contributed by atoms with Crippen LogP contribution in [-0.4, -0.2) is 20.7 Å². The van der Waals surface area contributed by atoms with Crippen LogP contribution in [0.5, 0.6) is 0 Å². The van der Waals surface area contributed by atoms with E-state index in [1.165, 1.54) is 16.8 Å². The lowest BCUT2D eigenvalue weighted by Gasteiger charge is -2.18. The zero-order valence-electron chi connectivity index (χ0n) is 14.9. The van der Waals surface area contributed by atoms with Crippen molar-refractivity contribution in [2.75, 3.05) is 0 Å². The number of halogens is 1. The van der Waals surface area contributed by atoms with Crippen LogP contribution in [0.3, 0.4) is 0 Å². The molecule has 0 saturated heterocycles. The molecule has 2 aromatic heterocycles. The molecule has 4 rings (SSSR count). The van der Waals surface area contributed by atoms with Gasteiger partial charge >= 0.3 is 0 Å². The van der Waals surface area contributed by atoms with Gasteiger partial charge in [-0.1, -0.05) is 42.5 Å². The quantitative estimate of drug-likeness (QED) is 0.578. The van der Waals surface area contributed by atoms with Gasteiger partial charge in [0.1, 0.15) is 5.82 Å². The Morgan fingerprint density at radius 3 is 2.54 bits per heavy atom. The number of hydrogen-bond acceptors (Lipinski definition) is 3. The van der Waals surface area contributed by atoms with Crippen molar-refractivity contribution in [2.24, 2.45) is 0 Å². The lowest BCUT2D eigenvalue weighted by atomic mass is 10.0. The van der Waals surface area contributed by atoms with Crippen LogP contribution in [0.2, 0.25) is 0 Å². The molecular weight excluding hydrogens is 355 g/mol. The molecule has 0 unspecified atom stereocenters. The number of carbonyl (C=O) groups excluding carboxylic acids is 1. The minimum atomic E-state index is -0.408. The Bertz CT molecular complexity index is 1040. The van der Waals surface area contributed by atoms with Crippen molar-refractivity contribution in [2.45, 2.75) is 6.04 Å². The van der Waals surface area contributed by atoms with E-state index < -0.39 is 6.04 Å². The first-order chi connectivity index (χ1) is 13.7. The van der Waals surface area contributed by atoms with Gasteiger partial charge in [-0.3, -0.25) is 9.78 Å². The average molecular weight is 372 g/mol. The van der Waals surface area contributed by atoms with Crippen molar-refractivity contribution in [1.29, 1.82) is 0 Å². The van der Waals surface area contributed by atoms with Crippen LogP contribution in [0.15, 0.2) is 91.3 Å². The molecule has 0 aliphatic carbocycles. The monoisotopic (exact) mass is 372 g/mol. The number of hydrogen-bond donors (Lipinski definition) is 1. The molecule has 2 heterocycles. The molecule has 1 atom stereocenters. The summed E-state index contributed by atoms with van der Waals surface area (Å²) in [6.07, 6.45) is 3.32. The summed E-state index contributed by atoms with van der Waals surface area (Å²) in [6.45, 7) is 0. The molecule has 0 radical (unpaired) electrons. The van der Waals surface area contributed by atoms with Crippen molar-refractivity contribution >= 4 is 5.91 Å². The van der Waals surface area contributed by atoms with Gasteiger partial charge in [-0.15, -0.1) is 0 Å². The van der Waals surface area contributed by atoms with Crippen LogP contribution in [0.4, 0.5) is 4.39 Å². The van der Waals surface area contributed by atoms with E-state index in [1.807, 2.05) is 48.5 Å². The minimum Gasteiger partial charge on any atom is -0.338 e. The maximum atomic E-state index is 13.4. The Morgan fingerprint density at radius 2 is 1.79 bits per heavy atom. The third-order valence-electron chi connectivity index (χ3n) is 4.29. The lowest BCUT2D eigenvalue weighted by Crippen LogP contribution is -2.30. The Balaban J connectivity index is 1.60. The molecule has 0 aliphatic heterocycles. The van der Waals surface area contributed by atoms with Gasteiger partial charge in [0, 0.05) is 12.4 Å². The van der Waals surface area contributed by atoms with Gasteiger partial charge in [0.25, 0.3) is 5.91 Å². The van der Waals surface area contributed by atoms with Crippen molar-refractivity contribution in [3.05, 3.63) is 114 Å². The molecule has 6 heteroatoms. The van der Waals surface area contributed by atoms with Crippen LogP contribution in [0.25, 0.3) is 5.69 Å². The number of pyridine rings is 1. The maximum absolute atomic E-state index is 13.4. The third kappa shape index (κ3) is 3.81. The molecule has 1 amide bonds. The van der Waals surface area contributed by atoms with Gasteiger partial charge < -0.3 is 5.32 Å². The molecule has 28 heavy (non-hydrogen) atoms. The highest BCUT2D eigenvalue weighted by Gasteiger charge is 2.20. The largest absolute Gasteiger partial charge is 0.338 e. The molecule has 0 spiro atoms. The number of nitrogens with zero attached hydrogens (tertiary/aromatic N) is 3. The zero-order valence-corrected chi connectivity index (χ0v) is 14.9.